The topological polar surface area (TPSA) is 52.6 Å². The molecule has 1 saturated heterocycles. The van der Waals surface area contributed by atoms with Gasteiger partial charge in [-0.3, -0.25) is 0 Å². The molecule has 0 atom stereocenters. The van der Waals surface area contributed by atoms with Crippen LogP contribution in [-0.4, -0.2) is 34.0 Å². The molecular formula is C14H18BrClO4S. The van der Waals surface area contributed by atoms with Gasteiger partial charge in [0.05, 0.1) is 12.4 Å². The van der Waals surface area contributed by atoms with Crippen molar-refractivity contribution >= 4 is 35.7 Å². The Morgan fingerprint density at radius 1 is 1.38 bits per heavy atom. The quantitative estimate of drug-likeness (QED) is 0.714. The normalized spacial score (nSPS) is 18.4. The lowest BCUT2D eigenvalue weighted by molar-refractivity contribution is 0.00216. The standard InChI is InChI=1S/C14H18BrClO4S/c1-11-8-12(15)2-3-13(11)20-9-14(10-21(16,17)18)4-6-19-7-5-14/h2-3,8H,4-7,9-10H2,1H3. The van der Waals surface area contributed by atoms with Crippen LogP contribution in [0.5, 0.6) is 5.75 Å². The van der Waals surface area contributed by atoms with Crippen molar-refractivity contribution in [2.45, 2.75) is 19.8 Å². The number of ether oxygens (including phenoxy) is 2. The van der Waals surface area contributed by atoms with Crippen molar-refractivity contribution in [2.75, 3.05) is 25.6 Å². The van der Waals surface area contributed by atoms with Crippen molar-refractivity contribution in [3.63, 3.8) is 0 Å². The Balaban J connectivity index is 2.12. The van der Waals surface area contributed by atoms with E-state index in [-0.39, 0.29) is 5.75 Å². The van der Waals surface area contributed by atoms with E-state index in [1.54, 1.807) is 0 Å². The molecule has 0 N–H and O–H groups in total. The molecular weight excluding hydrogens is 380 g/mol. The van der Waals surface area contributed by atoms with Gasteiger partial charge in [-0.25, -0.2) is 8.42 Å². The van der Waals surface area contributed by atoms with Crippen LogP contribution in [0, 0.1) is 12.3 Å². The molecule has 1 aromatic carbocycles. The van der Waals surface area contributed by atoms with E-state index in [1.807, 2.05) is 25.1 Å². The summed E-state index contributed by atoms with van der Waals surface area (Å²) in [4.78, 5) is 0. The Morgan fingerprint density at radius 2 is 2.05 bits per heavy atom. The summed E-state index contributed by atoms with van der Waals surface area (Å²) in [5, 5.41) is 0. The van der Waals surface area contributed by atoms with E-state index in [9.17, 15) is 8.42 Å². The maximum Gasteiger partial charge on any atom is 0.233 e. The SMILES string of the molecule is Cc1cc(Br)ccc1OCC1(CS(=O)(=O)Cl)CCOCC1. The first-order chi connectivity index (χ1) is 9.80. The lowest BCUT2D eigenvalue weighted by Crippen LogP contribution is -2.40. The van der Waals surface area contributed by atoms with Crippen molar-refractivity contribution in [3.8, 4) is 5.75 Å². The Kier molecular flexibility index (Phi) is 5.57. The lowest BCUT2D eigenvalue weighted by Gasteiger charge is -2.35. The molecule has 1 aliphatic rings. The summed E-state index contributed by atoms with van der Waals surface area (Å²) in [5.41, 5.74) is 0.526. The van der Waals surface area contributed by atoms with Crippen LogP contribution in [0.25, 0.3) is 0 Å². The molecule has 118 valence electrons. The molecule has 1 heterocycles. The highest BCUT2D eigenvalue weighted by atomic mass is 79.9. The molecule has 7 heteroatoms. The molecule has 0 unspecified atom stereocenters. The van der Waals surface area contributed by atoms with E-state index in [0.29, 0.717) is 32.7 Å². The van der Waals surface area contributed by atoms with Gasteiger partial charge in [-0.1, -0.05) is 15.9 Å². The van der Waals surface area contributed by atoms with Gasteiger partial charge in [0.15, 0.2) is 0 Å². The Morgan fingerprint density at radius 3 is 2.62 bits per heavy atom. The fourth-order valence-corrected chi connectivity index (χ4v) is 4.78. The minimum Gasteiger partial charge on any atom is -0.493 e. The van der Waals surface area contributed by atoms with E-state index in [0.717, 1.165) is 15.8 Å². The Hall–Kier alpha value is -0.300. The number of aryl methyl sites for hydroxylation is 1. The zero-order chi connectivity index (χ0) is 15.5. The molecule has 1 aliphatic heterocycles. The fraction of sp³-hybridized carbons (Fsp3) is 0.571. The van der Waals surface area contributed by atoms with E-state index in [4.69, 9.17) is 20.2 Å². The Bertz CT molecular complexity index is 597. The van der Waals surface area contributed by atoms with Crippen molar-refractivity contribution in [3.05, 3.63) is 28.2 Å². The van der Waals surface area contributed by atoms with Gasteiger partial charge in [0, 0.05) is 33.8 Å². The first kappa shape index (κ1) is 17.1. The summed E-state index contributed by atoms with van der Waals surface area (Å²) >= 11 is 3.41. The highest BCUT2D eigenvalue weighted by Gasteiger charge is 2.37. The fourth-order valence-electron chi connectivity index (χ4n) is 2.51. The van der Waals surface area contributed by atoms with Crippen LogP contribution in [0.4, 0.5) is 0 Å². The average Bonchev–Trinajstić information content (AvgIpc) is 2.37. The van der Waals surface area contributed by atoms with Gasteiger partial charge in [-0.2, -0.15) is 0 Å². The summed E-state index contributed by atoms with van der Waals surface area (Å²) in [7, 11) is 1.89. The van der Waals surface area contributed by atoms with Crippen molar-refractivity contribution in [2.24, 2.45) is 5.41 Å². The van der Waals surface area contributed by atoms with E-state index in [2.05, 4.69) is 15.9 Å². The third-order valence-corrected chi connectivity index (χ3v) is 5.48. The monoisotopic (exact) mass is 396 g/mol. The van der Waals surface area contributed by atoms with Gasteiger partial charge in [-0.05, 0) is 43.5 Å². The molecule has 1 aromatic rings. The largest absolute Gasteiger partial charge is 0.493 e. The number of halogens is 2. The number of hydrogen-bond donors (Lipinski definition) is 0. The molecule has 0 bridgehead atoms. The molecule has 0 spiro atoms. The minimum absolute atomic E-state index is 0.0828. The van der Waals surface area contributed by atoms with Crippen LogP contribution in [-0.2, 0) is 13.8 Å². The molecule has 1 fully saturated rings. The second-order valence-corrected chi connectivity index (χ2v) is 9.19. The molecule has 0 aliphatic carbocycles. The number of rotatable bonds is 5. The van der Waals surface area contributed by atoms with Crippen molar-refractivity contribution in [1.82, 2.24) is 0 Å². The zero-order valence-corrected chi connectivity index (χ0v) is 14.9. The zero-order valence-electron chi connectivity index (χ0n) is 11.8. The second kappa shape index (κ2) is 6.86. The predicted molar refractivity (Wildman–Crippen MR) is 86.5 cm³/mol. The molecule has 0 amide bonds. The third-order valence-electron chi connectivity index (χ3n) is 3.70. The Labute approximate surface area is 138 Å². The van der Waals surface area contributed by atoms with Gasteiger partial charge in [-0.15, -0.1) is 0 Å². The van der Waals surface area contributed by atoms with Crippen LogP contribution in [0.1, 0.15) is 18.4 Å². The van der Waals surface area contributed by atoms with Gasteiger partial charge in [0.1, 0.15) is 5.75 Å². The average molecular weight is 398 g/mol. The number of benzene rings is 1. The van der Waals surface area contributed by atoms with Crippen LogP contribution in [0.15, 0.2) is 22.7 Å². The molecule has 0 saturated carbocycles. The third kappa shape index (κ3) is 5.13. The van der Waals surface area contributed by atoms with Gasteiger partial charge < -0.3 is 9.47 Å². The number of hydrogen-bond acceptors (Lipinski definition) is 4. The molecule has 0 radical (unpaired) electrons. The van der Waals surface area contributed by atoms with Crippen LogP contribution < -0.4 is 4.74 Å². The van der Waals surface area contributed by atoms with Gasteiger partial charge >= 0.3 is 0 Å². The highest BCUT2D eigenvalue weighted by Crippen LogP contribution is 2.34. The molecule has 21 heavy (non-hydrogen) atoms. The predicted octanol–water partition coefficient (Wildman–Crippen LogP) is 3.50. The van der Waals surface area contributed by atoms with E-state index < -0.39 is 14.5 Å². The van der Waals surface area contributed by atoms with Crippen molar-refractivity contribution in [1.29, 1.82) is 0 Å². The minimum atomic E-state index is -3.57. The van der Waals surface area contributed by atoms with Crippen LogP contribution in [0.2, 0.25) is 0 Å². The molecule has 0 aromatic heterocycles. The summed E-state index contributed by atoms with van der Waals surface area (Å²) in [6, 6.07) is 5.74. The van der Waals surface area contributed by atoms with Crippen LogP contribution >= 0.6 is 26.6 Å². The van der Waals surface area contributed by atoms with E-state index >= 15 is 0 Å². The summed E-state index contributed by atoms with van der Waals surface area (Å²) in [6.45, 7) is 3.35. The maximum absolute atomic E-state index is 11.5. The summed E-state index contributed by atoms with van der Waals surface area (Å²) < 4.78 is 35.2. The van der Waals surface area contributed by atoms with Gasteiger partial charge in [0.2, 0.25) is 9.05 Å². The van der Waals surface area contributed by atoms with Crippen LogP contribution in [0.3, 0.4) is 0 Å². The highest BCUT2D eigenvalue weighted by molar-refractivity contribution is 9.10. The van der Waals surface area contributed by atoms with E-state index in [1.165, 1.54) is 0 Å². The van der Waals surface area contributed by atoms with Crippen molar-refractivity contribution < 1.29 is 17.9 Å². The first-order valence-electron chi connectivity index (χ1n) is 6.69. The lowest BCUT2D eigenvalue weighted by atomic mass is 9.83. The second-order valence-electron chi connectivity index (χ2n) is 5.49. The van der Waals surface area contributed by atoms with Gasteiger partial charge in [0.25, 0.3) is 0 Å². The smallest absolute Gasteiger partial charge is 0.233 e. The summed E-state index contributed by atoms with van der Waals surface area (Å²) in [6.07, 6.45) is 1.27. The molecule has 4 nitrogen and oxygen atoms in total. The summed E-state index contributed by atoms with van der Waals surface area (Å²) in [5.74, 6) is 0.677. The molecule has 2 rings (SSSR count). The maximum atomic E-state index is 11.5. The first-order valence-corrected chi connectivity index (χ1v) is 9.96.